The van der Waals surface area contributed by atoms with Crippen LogP contribution in [0.25, 0.3) is 0 Å². The van der Waals surface area contributed by atoms with E-state index in [0.717, 1.165) is 6.07 Å². The molecule has 0 aliphatic carbocycles. The van der Waals surface area contributed by atoms with Gasteiger partial charge in [0.05, 0.1) is 5.56 Å². The molecular weight excluding hydrogens is 199 g/mol. The van der Waals surface area contributed by atoms with E-state index in [1.807, 2.05) is 0 Å². The highest BCUT2D eigenvalue weighted by atomic mass is 19.1. The maximum absolute atomic E-state index is 13.3. The van der Waals surface area contributed by atoms with Gasteiger partial charge in [-0.05, 0) is 12.1 Å². The van der Waals surface area contributed by atoms with Gasteiger partial charge < -0.3 is 15.7 Å². The Bertz CT molecular complexity index is 402. The molecule has 1 aliphatic heterocycles. The molecule has 0 bridgehead atoms. The minimum absolute atomic E-state index is 0.00544. The monoisotopic (exact) mass is 210 g/mol. The Balaban J connectivity index is 2.19. The number of aromatic hydroxyl groups is 1. The van der Waals surface area contributed by atoms with Gasteiger partial charge in [-0.15, -0.1) is 0 Å². The predicted octanol–water partition coefficient (Wildman–Crippen LogP) is 0.314. The van der Waals surface area contributed by atoms with Gasteiger partial charge in [-0.2, -0.15) is 0 Å². The van der Waals surface area contributed by atoms with Crippen LogP contribution in [-0.2, 0) is 0 Å². The summed E-state index contributed by atoms with van der Waals surface area (Å²) in [6.45, 7) is 0.915. The number of phenolic OH excluding ortho intramolecular Hbond substituents is 1. The lowest BCUT2D eigenvalue weighted by Gasteiger charge is -2.36. The predicted molar refractivity (Wildman–Crippen MR) is 51.9 cm³/mol. The number of carbonyl (C=O) groups is 1. The van der Waals surface area contributed by atoms with E-state index in [2.05, 4.69) is 0 Å². The number of nitrogens with two attached hydrogens (primary N) is 1. The average molecular weight is 210 g/mol. The molecule has 1 amide bonds. The number of likely N-dealkylation sites (tertiary alicyclic amines) is 1. The molecule has 2 rings (SSSR count). The van der Waals surface area contributed by atoms with Crippen LogP contribution in [0.5, 0.6) is 5.75 Å². The number of hydrogen-bond donors (Lipinski definition) is 2. The Morgan fingerprint density at radius 2 is 2.20 bits per heavy atom. The number of hydrogen-bond acceptors (Lipinski definition) is 3. The van der Waals surface area contributed by atoms with Crippen LogP contribution in [0, 0.1) is 5.82 Å². The molecule has 0 aromatic heterocycles. The number of benzene rings is 1. The lowest BCUT2D eigenvalue weighted by atomic mass is 10.1. The number of nitrogens with zero attached hydrogens (tertiary/aromatic N) is 1. The third kappa shape index (κ3) is 1.78. The molecule has 1 aromatic rings. The third-order valence-electron chi connectivity index (χ3n) is 2.38. The normalized spacial score (nSPS) is 16.3. The van der Waals surface area contributed by atoms with E-state index < -0.39 is 5.82 Å². The van der Waals surface area contributed by atoms with Crippen LogP contribution in [0.3, 0.4) is 0 Å². The van der Waals surface area contributed by atoms with Crippen LogP contribution < -0.4 is 5.73 Å². The molecule has 0 spiro atoms. The second kappa shape index (κ2) is 3.51. The van der Waals surface area contributed by atoms with Gasteiger partial charge in [0.1, 0.15) is 11.6 Å². The van der Waals surface area contributed by atoms with Gasteiger partial charge in [0, 0.05) is 25.2 Å². The van der Waals surface area contributed by atoms with Gasteiger partial charge in [-0.25, -0.2) is 4.39 Å². The van der Waals surface area contributed by atoms with Crippen LogP contribution in [0.2, 0.25) is 0 Å². The van der Waals surface area contributed by atoms with Crippen molar-refractivity contribution in [2.45, 2.75) is 6.04 Å². The second-order valence-corrected chi connectivity index (χ2v) is 3.63. The van der Waals surface area contributed by atoms with E-state index >= 15 is 0 Å². The summed E-state index contributed by atoms with van der Waals surface area (Å²) >= 11 is 0. The number of phenols is 1. The number of amides is 1. The average Bonchev–Trinajstić information content (AvgIpc) is 2.12. The molecule has 0 atom stereocenters. The van der Waals surface area contributed by atoms with E-state index in [0.29, 0.717) is 13.1 Å². The highest BCUT2D eigenvalue weighted by Crippen LogP contribution is 2.18. The SMILES string of the molecule is NC1CN(C(=O)c2ccc(O)cc2F)C1. The summed E-state index contributed by atoms with van der Waals surface area (Å²) in [7, 11) is 0. The van der Waals surface area contributed by atoms with Crippen molar-refractivity contribution in [1.82, 2.24) is 4.90 Å². The zero-order valence-corrected chi connectivity index (χ0v) is 7.98. The fraction of sp³-hybridized carbons (Fsp3) is 0.300. The van der Waals surface area contributed by atoms with Crippen molar-refractivity contribution in [3.8, 4) is 5.75 Å². The number of halogens is 1. The van der Waals surface area contributed by atoms with Crippen LogP contribution in [0.15, 0.2) is 18.2 Å². The minimum Gasteiger partial charge on any atom is -0.508 e. The Kier molecular flexibility index (Phi) is 2.32. The highest BCUT2D eigenvalue weighted by molar-refractivity contribution is 5.95. The van der Waals surface area contributed by atoms with E-state index in [-0.39, 0.29) is 23.3 Å². The fourth-order valence-corrected chi connectivity index (χ4v) is 1.53. The molecule has 1 aliphatic rings. The highest BCUT2D eigenvalue weighted by Gasteiger charge is 2.29. The zero-order valence-electron chi connectivity index (χ0n) is 7.98. The minimum atomic E-state index is -0.708. The summed E-state index contributed by atoms with van der Waals surface area (Å²) in [6.07, 6.45) is 0. The van der Waals surface area contributed by atoms with Crippen molar-refractivity contribution in [3.05, 3.63) is 29.6 Å². The van der Waals surface area contributed by atoms with Gasteiger partial charge >= 0.3 is 0 Å². The topological polar surface area (TPSA) is 66.6 Å². The molecule has 1 fully saturated rings. The lowest BCUT2D eigenvalue weighted by molar-refractivity contribution is 0.0603. The van der Waals surface area contributed by atoms with E-state index in [9.17, 15) is 9.18 Å². The van der Waals surface area contributed by atoms with Crippen LogP contribution in [-0.4, -0.2) is 35.0 Å². The van der Waals surface area contributed by atoms with Gasteiger partial charge in [0.25, 0.3) is 5.91 Å². The maximum Gasteiger partial charge on any atom is 0.256 e. The summed E-state index contributed by atoms with van der Waals surface area (Å²) in [5.74, 6) is -1.28. The lowest BCUT2D eigenvalue weighted by Crippen LogP contribution is -2.57. The fourth-order valence-electron chi connectivity index (χ4n) is 1.53. The molecule has 1 saturated heterocycles. The standard InChI is InChI=1S/C10H11FN2O2/c11-9-3-7(14)1-2-8(9)10(15)13-4-6(12)5-13/h1-3,6,14H,4-5,12H2. The van der Waals surface area contributed by atoms with Gasteiger partial charge in [0.15, 0.2) is 0 Å². The van der Waals surface area contributed by atoms with E-state index in [1.165, 1.54) is 17.0 Å². The van der Waals surface area contributed by atoms with Crippen molar-refractivity contribution in [3.63, 3.8) is 0 Å². The number of carbonyl (C=O) groups excluding carboxylic acids is 1. The van der Waals surface area contributed by atoms with E-state index in [1.54, 1.807) is 0 Å². The van der Waals surface area contributed by atoms with Gasteiger partial charge in [-0.3, -0.25) is 4.79 Å². The molecule has 80 valence electrons. The maximum atomic E-state index is 13.3. The Morgan fingerprint density at radius 1 is 1.53 bits per heavy atom. The van der Waals surface area contributed by atoms with Gasteiger partial charge in [-0.1, -0.05) is 0 Å². The smallest absolute Gasteiger partial charge is 0.256 e. The molecule has 15 heavy (non-hydrogen) atoms. The molecule has 0 unspecified atom stereocenters. The molecule has 0 radical (unpaired) electrons. The van der Waals surface area contributed by atoms with Crippen molar-refractivity contribution in [2.75, 3.05) is 13.1 Å². The first-order chi connectivity index (χ1) is 7.08. The Labute approximate surface area is 86.1 Å². The first-order valence-corrected chi connectivity index (χ1v) is 4.61. The van der Waals surface area contributed by atoms with Crippen molar-refractivity contribution in [2.24, 2.45) is 5.73 Å². The zero-order chi connectivity index (χ0) is 11.0. The van der Waals surface area contributed by atoms with Crippen LogP contribution in [0.4, 0.5) is 4.39 Å². The van der Waals surface area contributed by atoms with Crippen molar-refractivity contribution in [1.29, 1.82) is 0 Å². The molecule has 4 nitrogen and oxygen atoms in total. The van der Waals surface area contributed by atoms with Crippen LogP contribution in [0.1, 0.15) is 10.4 Å². The number of rotatable bonds is 1. The second-order valence-electron chi connectivity index (χ2n) is 3.63. The summed E-state index contributed by atoms with van der Waals surface area (Å²) in [4.78, 5) is 13.1. The molecule has 5 heteroatoms. The summed E-state index contributed by atoms with van der Waals surface area (Å²) in [5.41, 5.74) is 5.49. The first kappa shape index (κ1) is 9.92. The summed E-state index contributed by atoms with van der Waals surface area (Å²) < 4.78 is 13.3. The molecular formula is C10H11FN2O2. The first-order valence-electron chi connectivity index (χ1n) is 4.61. The third-order valence-corrected chi connectivity index (χ3v) is 2.38. The summed E-state index contributed by atoms with van der Waals surface area (Å²) in [5, 5.41) is 8.99. The summed E-state index contributed by atoms with van der Waals surface area (Å²) in [6, 6.07) is 3.48. The molecule has 1 aromatic carbocycles. The van der Waals surface area contributed by atoms with Crippen molar-refractivity contribution >= 4 is 5.91 Å². The largest absolute Gasteiger partial charge is 0.508 e. The Hall–Kier alpha value is -1.62. The molecule has 3 N–H and O–H groups in total. The Morgan fingerprint density at radius 3 is 2.73 bits per heavy atom. The molecule has 0 saturated carbocycles. The van der Waals surface area contributed by atoms with Crippen LogP contribution >= 0.6 is 0 Å². The van der Waals surface area contributed by atoms with E-state index in [4.69, 9.17) is 10.8 Å². The van der Waals surface area contributed by atoms with Crippen molar-refractivity contribution < 1.29 is 14.3 Å². The molecule has 1 heterocycles. The van der Waals surface area contributed by atoms with Gasteiger partial charge in [0.2, 0.25) is 0 Å². The quantitative estimate of drug-likeness (QED) is 0.701.